The van der Waals surface area contributed by atoms with Crippen LogP contribution in [0.4, 0.5) is 0 Å². The Kier molecular flexibility index (Phi) is 3.06. The molecule has 1 N–H and O–H groups in total. The average molecular weight is 184 g/mol. The molecule has 1 saturated carbocycles. The van der Waals surface area contributed by atoms with Crippen LogP contribution in [0.25, 0.3) is 0 Å². The molecule has 1 rings (SSSR count). The van der Waals surface area contributed by atoms with E-state index in [-0.39, 0.29) is 5.60 Å². The van der Waals surface area contributed by atoms with Crippen LogP contribution >= 0.6 is 0 Å². The maximum Gasteiger partial charge on any atom is 0.0620 e. The van der Waals surface area contributed by atoms with Crippen LogP contribution in [0.5, 0.6) is 0 Å². The lowest BCUT2D eigenvalue weighted by Gasteiger charge is -2.45. The number of hydrogen-bond donors (Lipinski definition) is 1. The van der Waals surface area contributed by atoms with Crippen molar-refractivity contribution in [3.63, 3.8) is 0 Å². The zero-order chi connectivity index (χ0) is 10.1. The molecule has 0 saturated heterocycles. The summed E-state index contributed by atoms with van der Waals surface area (Å²) in [6.07, 6.45) is 5.64. The van der Waals surface area contributed by atoms with Crippen LogP contribution < -0.4 is 0 Å². The molecule has 0 atom stereocenters. The Labute approximate surface area is 82.5 Å². The monoisotopic (exact) mass is 184 g/mol. The lowest BCUT2D eigenvalue weighted by atomic mass is 9.62. The second kappa shape index (κ2) is 3.61. The van der Waals surface area contributed by atoms with Gasteiger partial charge in [0.15, 0.2) is 0 Å². The molecule has 0 spiro atoms. The molecule has 13 heavy (non-hydrogen) atoms. The molecule has 1 fully saturated rings. The molecule has 0 aromatic rings. The third-order valence-corrected chi connectivity index (χ3v) is 4.25. The van der Waals surface area contributed by atoms with E-state index in [2.05, 4.69) is 20.8 Å². The third kappa shape index (κ3) is 2.25. The van der Waals surface area contributed by atoms with Gasteiger partial charge in [-0.15, -0.1) is 0 Å². The molecule has 78 valence electrons. The van der Waals surface area contributed by atoms with Crippen molar-refractivity contribution in [1.82, 2.24) is 0 Å². The summed E-state index contributed by atoms with van der Waals surface area (Å²) in [6, 6.07) is 0. The first-order valence-corrected chi connectivity index (χ1v) is 5.64. The molecular weight excluding hydrogens is 160 g/mol. The van der Waals surface area contributed by atoms with Crippen molar-refractivity contribution in [2.75, 3.05) is 0 Å². The van der Waals surface area contributed by atoms with E-state index in [0.29, 0.717) is 5.41 Å². The van der Waals surface area contributed by atoms with Crippen LogP contribution in [0, 0.1) is 11.3 Å². The summed E-state index contributed by atoms with van der Waals surface area (Å²) >= 11 is 0. The van der Waals surface area contributed by atoms with Gasteiger partial charge in [0.25, 0.3) is 0 Å². The van der Waals surface area contributed by atoms with Crippen LogP contribution in [0.1, 0.15) is 59.8 Å². The fraction of sp³-hybridized carbons (Fsp3) is 1.00. The van der Waals surface area contributed by atoms with Gasteiger partial charge in [-0.1, -0.05) is 27.2 Å². The normalized spacial score (nSPS) is 41.1. The van der Waals surface area contributed by atoms with Crippen LogP contribution in [0.2, 0.25) is 0 Å². The zero-order valence-electron chi connectivity index (χ0n) is 9.56. The van der Waals surface area contributed by atoms with E-state index in [4.69, 9.17) is 0 Å². The molecule has 0 bridgehead atoms. The molecule has 0 heterocycles. The fourth-order valence-corrected chi connectivity index (χ4v) is 2.63. The van der Waals surface area contributed by atoms with E-state index >= 15 is 0 Å². The number of aliphatic hydroxyl groups is 1. The molecule has 0 radical (unpaired) electrons. The van der Waals surface area contributed by atoms with Crippen LogP contribution in [-0.4, -0.2) is 10.7 Å². The summed E-state index contributed by atoms with van der Waals surface area (Å²) in [5, 5.41) is 9.88. The molecule has 0 amide bonds. The van der Waals surface area contributed by atoms with Crippen molar-refractivity contribution in [1.29, 1.82) is 0 Å². The minimum absolute atomic E-state index is 0.381. The third-order valence-electron chi connectivity index (χ3n) is 4.25. The molecular formula is C12H24O. The average Bonchev–Trinajstić information content (AvgIpc) is 2.05. The van der Waals surface area contributed by atoms with Gasteiger partial charge >= 0.3 is 0 Å². The summed E-state index contributed by atoms with van der Waals surface area (Å²) in [6.45, 7) is 8.92. The SMILES string of the molecule is CCC1(C(C)C)CCC(C)(O)CC1. The summed E-state index contributed by atoms with van der Waals surface area (Å²) in [5.41, 5.74) is 0.135. The molecule has 1 nitrogen and oxygen atoms in total. The van der Waals surface area contributed by atoms with Gasteiger partial charge in [-0.05, 0) is 43.9 Å². The molecule has 0 aliphatic heterocycles. The highest BCUT2D eigenvalue weighted by molar-refractivity contribution is 4.91. The maximum atomic E-state index is 9.88. The lowest BCUT2D eigenvalue weighted by molar-refractivity contribution is -0.0358. The Bertz CT molecular complexity index is 160. The fourth-order valence-electron chi connectivity index (χ4n) is 2.63. The molecule has 1 aliphatic carbocycles. The van der Waals surface area contributed by atoms with Gasteiger partial charge in [-0.3, -0.25) is 0 Å². The topological polar surface area (TPSA) is 20.2 Å². The number of rotatable bonds is 2. The Morgan fingerprint density at radius 3 is 1.92 bits per heavy atom. The smallest absolute Gasteiger partial charge is 0.0620 e. The molecule has 1 heteroatoms. The Hall–Kier alpha value is -0.0400. The minimum atomic E-state index is -0.381. The van der Waals surface area contributed by atoms with Gasteiger partial charge in [-0.25, -0.2) is 0 Å². The lowest BCUT2D eigenvalue weighted by Crippen LogP contribution is -2.39. The molecule has 0 unspecified atom stereocenters. The van der Waals surface area contributed by atoms with E-state index in [9.17, 15) is 5.11 Å². The molecule has 1 aliphatic rings. The zero-order valence-corrected chi connectivity index (χ0v) is 9.56. The van der Waals surface area contributed by atoms with Crippen molar-refractivity contribution in [2.45, 2.75) is 65.4 Å². The standard InChI is InChI=1S/C12H24O/c1-5-12(10(2)3)8-6-11(4,13)7-9-12/h10,13H,5-9H2,1-4H3. The highest BCUT2D eigenvalue weighted by atomic mass is 16.3. The van der Waals surface area contributed by atoms with E-state index in [1.54, 1.807) is 0 Å². The summed E-state index contributed by atoms with van der Waals surface area (Å²) in [7, 11) is 0. The van der Waals surface area contributed by atoms with Crippen molar-refractivity contribution in [3.05, 3.63) is 0 Å². The summed E-state index contributed by atoms with van der Waals surface area (Å²) < 4.78 is 0. The van der Waals surface area contributed by atoms with Gasteiger partial charge < -0.3 is 5.11 Å². The highest BCUT2D eigenvalue weighted by Crippen LogP contribution is 2.47. The molecule has 0 aromatic carbocycles. The first kappa shape index (κ1) is 11.0. The predicted molar refractivity (Wildman–Crippen MR) is 56.7 cm³/mol. The largest absolute Gasteiger partial charge is 0.390 e. The summed E-state index contributed by atoms with van der Waals surface area (Å²) in [5.74, 6) is 0.758. The van der Waals surface area contributed by atoms with Crippen molar-refractivity contribution < 1.29 is 5.11 Å². The first-order valence-electron chi connectivity index (χ1n) is 5.64. The van der Waals surface area contributed by atoms with Gasteiger partial charge in [0, 0.05) is 0 Å². The minimum Gasteiger partial charge on any atom is -0.390 e. The van der Waals surface area contributed by atoms with E-state index < -0.39 is 0 Å². The van der Waals surface area contributed by atoms with Gasteiger partial charge in [0.05, 0.1) is 5.60 Å². The van der Waals surface area contributed by atoms with Gasteiger partial charge in [-0.2, -0.15) is 0 Å². The van der Waals surface area contributed by atoms with E-state index in [1.807, 2.05) is 6.92 Å². The van der Waals surface area contributed by atoms with E-state index in [0.717, 1.165) is 18.8 Å². The maximum absolute atomic E-state index is 9.88. The van der Waals surface area contributed by atoms with E-state index in [1.165, 1.54) is 19.3 Å². The predicted octanol–water partition coefficient (Wildman–Crippen LogP) is 3.36. The van der Waals surface area contributed by atoms with Crippen molar-refractivity contribution >= 4 is 0 Å². The second-order valence-corrected chi connectivity index (χ2v) is 5.37. The van der Waals surface area contributed by atoms with Crippen LogP contribution in [0.3, 0.4) is 0 Å². The Morgan fingerprint density at radius 1 is 1.15 bits per heavy atom. The van der Waals surface area contributed by atoms with Crippen molar-refractivity contribution in [2.24, 2.45) is 11.3 Å². The number of hydrogen-bond acceptors (Lipinski definition) is 1. The first-order chi connectivity index (χ1) is 5.92. The Morgan fingerprint density at radius 2 is 1.62 bits per heavy atom. The van der Waals surface area contributed by atoms with Gasteiger partial charge in [0.1, 0.15) is 0 Å². The highest BCUT2D eigenvalue weighted by Gasteiger charge is 2.39. The molecule has 0 aromatic heterocycles. The van der Waals surface area contributed by atoms with Gasteiger partial charge in [0.2, 0.25) is 0 Å². The van der Waals surface area contributed by atoms with Crippen LogP contribution in [0.15, 0.2) is 0 Å². The second-order valence-electron chi connectivity index (χ2n) is 5.37. The summed E-state index contributed by atoms with van der Waals surface area (Å²) in [4.78, 5) is 0. The quantitative estimate of drug-likeness (QED) is 0.697. The Balaban J connectivity index is 2.63. The van der Waals surface area contributed by atoms with Crippen molar-refractivity contribution in [3.8, 4) is 0 Å². The van der Waals surface area contributed by atoms with Crippen LogP contribution in [-0.2, 0) is 0 Å².